The molecule has 0 aromatic carbocycles. The van der Waals surface area contributed by atoms with Gasteiger partial charge < -0.3 is 0 Å². The van der Waals surface area contributed by atoms with E-state index in [2.05, 4.69) is 12.8 Å². The summed E-state index contributed by atoms with van der Waals surface area (Å²) in [6.45, 7) is 3.00. The zero-order chi connectivity index (χ0) is 8.20. The molecule has 0 aliphatic rings. The molecule has 2 nitrogen and oxygen atoms in total. The van der Waals surface area contributed by atoms with Crippen LogP contribution in [0.5, 0.6) is 0 Å². The third-order valence-corrected chi connectivity index (χ3v) is 2.99. The van der Waals surface area contributed by atoms with Crippen molar-refractivity contribution in [1.82, 2.24) is 4.31 Å². The predicted octanol–water partition coefficient (Wildman–Crippen LogP) is 0.979. The maximum absolute atomic E-state index is 11.2. The lowest BCUT2D eigenvalue weighted by atomic mass is 10.3. The van der Waals surface area contributed by atoms with Crippen LogP contribution in [0.2, 0.25) is 0 Å². The van der Waals surface area contributed by atoms with Crippen molar-refractivity contribution in [2.45, 2.75) is 19.8 Å². The molecule has 0 aromatic rings. The fraction of sp³-hybridized carbons (Fsp3) is 0.857. The highest BCUT2D eigenvalue weighted by Gasteiger charge is 2.02. The molecule has 0 spiro atoms. The molecule has 0 aliphatic carbocycles. The smallest absolute Gasteiger partial charge is 0.0242 e. The van der Waals surface area contributed by atoms with Crippen molar-refractivity contribution in [3.63, 3.8) is 0 Å². The van der Waals surface area contributed by atoms with Crippen LogP contribution in [0.3, 0.4) is 0 Å². The Balaban J connectivity index is 3.75. The Labute approximate surface area is 64.4 Å². The maximum atomic E-state index is 11.2. The Morgan fingerprint density at radius 3 is 2.40 bits per heavy atom. The van der Waals surface area contributed by atoms with E-state index in [1.165, 1.54) is 0 Å². The Hall–Kier alpha value is -0.0200. The Morgan fingerprint density at radius 1 is 1.60 bits per heavy atom. The summed E-state index contributed by atoms with van der Waals surface area (Å²) in [5, 5.41) is 0. The van der Waals surface area contributed by atoms with E-state index in [0.29, 0.717) is 0 Å². The molecule has 0 saturated heterocycles. The van der Waals surface area contributed by atoms with E-state index in [1.807, 2.05) is 11.4 Å². The summed E-state index contributed by atoms with van der Waals surface area (Å²) in [5.41, 5.74) is 0. The molecule has 10 heavy (non-hydrogen) atoms. The zero-order valence-corrected chi connectivity index (χ0v) is 7.91. The monoisotopic (exact) mass is 163 g/mol. The molecule has 0 bridgehead atoms. The van der Waals surface area contributed by atoms with Crippen LogP contribution < -0.4 is 0 Å². The van der Waals surface area contributed by atoms with Crippen molar-refractivity contribution in [1.29, 1.82) is 0 Å². The van der Waals surface area contributed by atoms with Crippen LogP contribution in [0.1, 0.15) is 19.8 Å². The number of hydrogen-bond donors (Lipinski definition) is 0. The highest BCUT2D eigenvalue weighted by atomic mass is 32.2. The SMILES string of the molecule is C=S(C)(=O)N(C)CCCC. The molecule has 0 N–H and O–H groups in total. The Morgan fingerprint density at radius 2 is 2.10 bits per heavy atom. The second kappa shape index (κ2) is 3.98. The Bertz CT molecular complexity index is 172. The molecular formula is C7H17NOS. The van der Waals surface area contributed by atoms with Gasteiger partial charge in [-0.2, -0.15) is 0 Å². The fourth-order valence-electron chi connectivity index (χ4n) is 0.574. The number of unbranched alkanes of at least 4 members (excludes halogenated alkanes) is 1. The van der Waals surface area contributed by atoms with Crippen LogP contribution in [0, 0.1) is 0 Å². The van der Waals surface area contributed by atoms with Gasteiger partial charge in [0.05, 0.1) is 0 Å². The van der Waals surface area contributed by atoms with Gasteiger partial charge >= 0.3 is 0 Å². The molecule has 0 rings (SSSR count). The van der Waals surface area contributed by atoms with E-state index in [-0.39, 0.29) is 0 Å². The van der Waals surface area contributed by atoms with E-state index in [4.69, 9.17) is 0 Å². The van der Waals surface area contributed by atoms with Crippen molar-refractivity contribution in [3.8, 4) is 0 Å². The molecule has 62 valence electrons. The molecule has 0 heterocycles. The van der Waals surface area contributed by atoms with Crippen molar-refractivity contribution >= 4 is 15.6 Å². The van der Waals surface area contributed by atoms with Crippen LogP contribution in [-0.2, 0) is 9.71 Å². The molecule has 0 aliphatic heterocycles. The van der Waals surface area contributed by atoms with Crippen molar-refractivity contribution in [2.75, 3.05) is 19.8 Å². The van der Waals surface area contributed by atoms with E-state index in [0.717, 1.165) is 19.4 Å². The molecule has 0 amide bonds. The summed E-state index contributed by atoms with van der Waals surface area (Å²) in [4.78, 5) is 0. The van der Waals surface area contributed by atoms with E-state index in [1.54, 1.807) is 6.26 Å². The van der Waals surface area contributed by atoms with Crippen molar-refractivity contribution in [3.05, 3.63) is 0 Å². The summed E-state index contributed by atoms with van der Waals surface area (Å²) in [6, 6.07) is 0. The van der Waals surface area contributed by atoms with Gasteiger partial charge in [-0.1, -0.05) is 13.3 Å². The van der Waals surface area contributed by atoms with Gasteiger partial charge in [0, 0.05) is 22.5 Å². The molecule has 0 saturated carbocycles. The maximum Gasteiger partial charge on any atom is 0.0242 e. The van der Waals surface area contributed by atoms with Gasteiger partial charge in [0.25, 0.3) is 0 Å². The standard InChI is InChI=1S/C7H17NOS/c1-5-6-7-8(2)10(3,4)9/h3,5-7H2,1-2,4H3. The second-order valence-corrected chi connectivity index (χ2v) is 5.21. The van der Waals surface area contributed by atoms with Gasteiger partial charge in [0.15, 0.2) is 0 Å². The third kappa shape index (κ3) is 3.90. The van der Waals surface area contributed by atoms with Gasteiger partial charge in [-0.05, 0) is 19.3 Å². The van der Waals surface area contributed by atoms with Crippen LogP contribution in [-0.4, -0.2) is 34.2 Å². The first kappa shape index (κ1) is 9.98. The van der Waals surface area contributed by atoms with E-state index < -0.39 is 9.71 Å². The second-order valence-electron chi connectivity index (χ2n) is 2.66. The van der Waals surface area contributed by atoms with Gasteiger partial charge in [0.2, 0.25) is 0 Å². The zero-order valence-electron chi connectivity index (χ0n) is 7.09. The average Bonchev–Trinajstić information content (AvgIpc) is 1.80. The first-order valence-electron chi connectivity index (χ1n) is 3.52. The number of rotatable bonds is 4. The summed E-state index contributed by atoms with van der Waals surface area (Å²) in [7, 11) is -0.0896. The van der Waals surface area contributed by atoms with Crippen LogP contribution >= 0.6 is 0 Å². The molecule has 0 aromatic heterocycles. The minimum atomic E-state index is -1.94. The molecule has 1 unspecified atom stereocenters. The predicted molar refractivity (Wildman–Crippen MR) is 48.7 cm³/mol. The van der Waals surface area contributed by atoms with Gasteiger partial charge in [-0.15, -0.1) is 0 Å². The summed E-state index contributed by atoms with van der Waals surface area (Å²) in [6.07, 6.45) is 3.90. The van der Waals surface area contributed by atoms with Gasteiger partial charge in [0.1, 0.15) is 0 Å². The Kier molecular flexibility index (Phi) is 3.98. The summed E-state index contributed by atoms with van der Waals surface area (Å²) < 4.78 is 13.0. The van der Waals surface area contributed by atoms with E-state index >= 15 is 0 Å². The highest BCUT2D eigenvalue weighted by Crippen LogP contribution is 1.96. The lowest BCUT2D eigenvalue weighted by molar-refractivity contribution is 0.505. The number of hydrogen-bond acceptors (Lipinski definition) is 1. The largest absolute Gasteiger partial charge is 0.253 e. The van der Waals surface area contributed by atoms with Crippen molar-refractivity contribution < 1.29 is 4.21 Å². The fourth-order valence-corrected chi connectivity index (χ4v) is 1.09. The third-order valence-electron chi connectivity index (χ3n) is 1.49. The summed E-state index contributed by atoms with van der Waals surface area (Å²) >= 11 is 0. The molecule has 0 fully saturated rings. The molecule has 1 atom stereocenters. The van der Waals surface area contributed by atoms with Gasteiger partial charge in [-0.3, -0.25) is 4.21 Å². The van der Waals surface area contributed by atoms with Gasteiger partial charge in [-0.25, -0.2) is 4.31 Å². The topological polar surface area (TPSA) is 20.3 Å². The molecular weight excluding hydrogens is 146 g/mol. The van der Waals surface area contributed by atoms with E-state index in [9.17, 15) is 4.21 Å². The summed E-state index contributed by atoms with van der Waals surface area (Å²) in [5.74, 6) is 3.58. The first-order valence-corrected chi connectivity index (χ1v) is 5.61. The van der Waals surface area contributed by atoms with Crippen LogP contribution in [0.25, 0.3) is 0 Å². The minimum absolute atomic E-state index is 0.884. The molecule has 0 radical (unpaired) electrons. The lowest BCUT2D eigenvalue weighted by Crippen LogP contribution is -2.26. The molecule has 3 heteroatoms. The first-order chi connectivity index (χ1) is 4.48. The highest BCUT2D eigenvalue weighted by molar-refractivity contribution is 7.97. The average molecular weight is 163 g/mol. The minimum Gasteiger partial charge on any atom is -0.253 e. The van der Waals surface area contributed by atoms with Crippen molar-refractivity contribution in [2.24, 2.45) is 0 Å². The van der Waals surface area contributed by atoms with Crippen LogP contribution in [0.15, 0.2) is 0 Å². The van der Waals surface area contributed by atoms with Crippen LogP contribution in [0.4, 0.5) is 0 Å². The quantitative estimate of drug-likeness (QED) is 0.566. The normalized spacial score (nSPS) is 17.2. The number of nitrogens with zero attached hydrogens (tertiary/aromatic N) is 1. The lowest BCUT2D eigenvalue weighted by Gasteiger charge is -2.16.